The van der Waals surface area contributed by atoms with Crippen LogP contribution in [0.25, 0.3) is 0 Å². The molecular weight excluding hydrogens is 261 g/mol. The first-order valence-corrected chi connectivity index (χ1v) is 6.46. The topological polar surface area (TPSA) is 51.4 Å². The van der Waals surface area contributed by atoms with Gasteiger partial charge in [0, 0.05) is 25.1 Å². The lowest BCUT2D eigenvalue weighted by Crippen LogP contribution is -2.23. The third-order valence-corrected chi connectivity index (χ3v) is 3.04. The molecule has 0 aliphatic rings. The van der Waals surface area contributed by atoms with E-state index in [1.165, 1.54) is 13.2 Å². The largest absolute Gasteiger partial charge is 0.497 e. The van der Waals surface area contributed by atoms with Crippen LogP contribution in [0.1, 0.15) is 24.2 Å². The van der Waals surface area contributed by atoms with E-state index in [9.17, 15) is 4.39 Å². The molecule has 5 nitrogen and oxygen atoms in total. The Kier molecular flexibility index (Phi) is 4.68. The van der Waals surface area contributed by atoms with Crippen LogP contribution in [0.4, 0.5) is 4.39 Å². The molecule has 6 heteroatoms. The molecule has 0 radical (unpaired) electrons. The Hall–Kier alpha value is -1.95. The summed E-state index contributed by atoms with van der Waals surface area (Å²) < 4.78 is 23.8. The fourth-order valence-corrected chi connectivity index (χ4v) is 1.91. The van der Waals surface area contributed by atoms with Gasteiger partial charge in [-0.25, -0.2) is 4.39 Å². The standard InChI is InChI=1S/C14H18FN3O2/c1-4-18(9-14-16-10(2)20-17-14)8-11-5-6-12(19-3)7-13(11)15/h5-7H,4,8-9H2,1-3H3. The molecule has 1 aromatic carbocycles. The van der Waals surface area contributed by atoms with Gasteiger partial charge < -0.3 is 9.26 Å². The van der Waals surface area contributed by atoms with E-state index in [0.717, 1.165) is 6.54 Å². The number of benzene rings is 1. The summed E-state index contributed by atoms with van der Waals surface area (Å²) in [5.74, 6) is 1.39. The van der Waals surface area contributed by atoms with Crippen molar-refractivity contribution in [3.63, 3.8) is 0 Å². The number of ether oxygens (including phenoxy) is 1. The Morgan fingerprint density at radius 1 is 1.35 bits per heavy atom. The van der Waals surface area contributed by atoms with Crippen LogP contribution in [-0.2, 0) is 13.1 Å². The van der Waals surface area contributed by atoms with Gasteiger partial charge in [0.25, 0.3) is 0 Å². The van der Waals surface area contributed by atoms with Crippen molar-refractivity contribution in [1.82, 2.24) is 15.0 Å². The lowest BCUT2D eigenvalue weighted by Gasteiger charge is -2.19. The molecular formula is C14H18FN3O2. The first-order chi connectivity index (χ1) is 9.62. The van der Waals surface area contributed by atoms with Crippen molar-refractivity contribution in [3.8, 4) is 5.75 Å². The highest BCUT2D eigenvalue weighted by Crippen LogP contribution is 2.18. The summed E-state index contributed by atoms with van der Waals surface area (Å²) in [6.07, 6.45) is 0. The molecule has 0 aliphatic carbocycles. The van der Waals surface area contributed by atoms with E-state index in [-0.39, 0.29) is 5.82 Å². The molecule has 0 unspecified atom stereocenters. The molecule has 0 amide bonds. The van der Waals surface area contributed by atoms with Crippen LogP contribution < -0.4 is 4.74 Å². The maximum atomic E-state index is 13.9. The minimum Gasteiger partial charge on any atom is -0.497 e. The number of halogens is 1. The van der Waals surface area contributed by atoms with Crippen LogP contribution in [-0.4, -0.2) is 28.7 Å². The number of nitrogens with zero attached hydrogens (tertiary/aromatic N) is 3. The van der Waals surface area contributed by atoms with Crippen LogP contribution in [0.3, 0.4) is 0 Å². The Morgan fingerprint density at radius 2 is 2.15 bits per heavy atom. The predicted molar refractivity (Wildman–Crippen MR) is 71.8 cm³/mol. The first kappa shape index (κ1) is 14.5. The number of methoxy groups -OCH3 is 1. The highest BCUT2D eigenvalue weighted by atomic mass is 19.1. The SMILES string of the molecule is CCN(Cc1noc(C)n1)Cc1ccc(OC)cc1F. The summed E-state index contributed by atoms with van der Waals surface area (Å²) in [4.78, 5) is 6.19. The molecule has 2 aromatic rings. The van der Waals surface area contributed by atoms with Crippen molar-refractivity contribution in [2.45, 2.75) is 26.9 Å². The van der Waals surface area contributed by atoms with Gasteiger partial charge in [0.05, 0.1) is 13.7 Å². The van der Waals surface area contributed by atoms with E-state index >= 15 is 0 Å². The smallest absolute Gasteiger partial charge is 0.223 e. The van der Waals surface area contributed by atoms with Crippen LogP contribution in [0.15, 0.2) is 22.7 Å². The van der Waals surface area contributed by atoms with Gasteiger partial charge in [0.1, 0.15) is 11.6 Å². The van der Waals surface area contributed by atoms with Crippen molar-refractivity contribution in [1.29, 1.82) is 0 Å². The highest BCUT2D eigenvalue weighted by Gasteiger charge is 2.12. The normalized spacial score (nSPS) is 11.1. The number of hydrogen-bond donors (Lipinski definition) is 0. The predicted octanol–water partition coefficient (Wildman–Crippen LogP) is 2.55. The second-order valence-corrected chi connectivity index (χ2v) is 4.49. The molecule has 0 saturated heterocycles. The van der Waals surface area contributed by atoms with E-state index in [2.05, 4.69) is 10.1 Å². The molecule has 0 atom stereocenters. The Bertz CT molecular complexity index is 571. The summed E-state index contributed by atoms with van der Waals surface area (Å²) in [5, 5.41) is 3.85. The lowest BCUT2D eigenvalue weighted by atomic mass is 10.2. The second-order valence-electron chi connectivity index (χ2n) is 4.49. The minimum absolute atomic E-state index is 0.271. The number of aryl methyl sites for hydroxylation is 1. The zero-order chi connectivity index (χ0) is 14.5. The van der Waals surface area contributed by atoms with Crippen molar-refractivity contribution < 1.29 is 13.7 Å². The maximum absolute atomic E-state index is 13.9. The van der Waals surface area contributed by atoms with Gasteiger partial charge >= 0.3 is 0 Å². The molecule has 1 heterocycles. The Balaban J connectivity index is 2.06. The quantitative estimate of drug-likeness (QED) is 0.813. The van der Waals surface area contributed by atoms with Gasteiger partial charge in [-0.2, -0.15) is 4.98 Å². The molecule has 0 spiro atoms. The molecule has 20 heavy (non-hydrogen) atoms. The molecule has 0 saturated carbocycles. The van der Waals surface area contributed by atoms with Gasteiger partial charge in [-0.15, -0.1) is 0 Å². The zero-order valence-corrected chi connectivity index (χ0v) is 11.9. The maximum Gasteiger partial charge on any atom is 0.223 e. The van der Waals surface area contributed by atoms with E-state index in [1.54, 1.807) is 19.1 Å². The van der Waals surface area contributed by atoms with Crippen molar-refractivity contribution >= 4 is 0 Å². The number of hydrogen-bond acceptors (Lipinski definition) is 5. The summed E-state index contributed by atoms with van der Waals surface area (Å²) in [6.45, 7) is 5.53. The Morgan fingerprint density at radius 3 is 2.70 bits per heavy atom. The molecule has 2 rings (SSSR count). The third-order valence-electron chi connectivity index (χ3n) is 3.04. The van der Waals surface area contributed by atoms with Crippen LogP contribution in [0.2, 0.25) is 0 Å². The van der Waals surface area contributed by atoms with E-state index in [1.807, 2.05) is 11.8 Å². The fraction of sp³-hybridized carbons (Fsp3) is 0.429. The molecule has 108 valence electrons. The second kappa shape index (κ2) is 6.47. The number of aromatic nitrogens is 2. The van der Waals surface area contributed by atoms with Crippen LogP contribution in [0, 0.1) is 12.7 Å². The van der Waals surface area contributed by atoms with E-state index in [0.29, 0.717) is 36.1 Å². The monoisotopic (exact) mass is 279 g/mol. The van der Waals surface area contributed by atoms with Crippen LogP contribution >= 0.6 is 0 Å². The molecule has 0 N–H and O–H groups in total. The average Bonchev–Trinajstić information content (AvgIpc) is 2.85. The molecule has 1 aromatic heterocycles. The number of rotatable bonds is 6. The van der Waals surface area contributed by atoms with Crippen molar-refractivity contribution in [2.75, 3.05) is 13.7 Å². The first-order valence-electron chi connectivity index (χ1n) is 6.46. The molecule has 0 aliphatic heterocycles. The molecule has 0 fully saturated rings. The molecule has 0 bridgehead atoms. The van der Waals surface area contributed by atoms with Crippen LogP contribution in [0.5, 0.6) is 5.75 Å². The van der Waals surface area contributed by atoms with Gasteiger partial charge in [0.2, 0.25) is 5.89 Å². The summed E-state index contributed by atoms with van der Waals surface area (Å²) >= 11 is 0. The lowest BCUT2D eigenvalue weighted by molar-refractivity contribution is 0.255. The van der Waals surface area contributed by atoms with E-state index in [4.69, 9.17) is 9.26 Å². The zero-order valence-electron chi connectivity index (χ0n) is 11.9. The van der Waals surface area contributed by atoms with Gasteiger partial charge in [0.15, 0.2) is 5.82 Å². The Labute approximate surface area is 117 Å². The summed E-state index contributed by atoms with van der Waals surface area (Å²) in [6, 6.07) is 4.88. The van der Waals surface area contributed by atoms with Crippen molar-refractivity contribution in [2.24, 2.45) is 0 Å². The van der Waals surface area contributed by atoms with Crippen molar-refractivity contribution in [3.05, 3.63) is 41.3 Å². The van der Waals surface area contributed by atoms with Gasteiger partial charge in [-0.1, -0.05) is 18.1 Å². The third kappa shape index (κ3) is 3.54. The fourth-order valence-electron chi connectivity index (χ4n) is 1.91. The van der Waals surface area contributed by atoms with E-state index < -0.39 is 0 Å². The average molecular weight is 279 g/mol. The summed E-state index contributed by atoms with van der Waals surface area (Å²) in [5.41, 5.74) is 0.618. The summed E-state index contributed by atoms with van der Waals surface area (Å²) in [7, 11) is 1.52. The minimum atomic E-state index is -0.271. The van der Waals surface area contributed by atoms with Gasteiger partial charge in [-0.3, -0.25) is 4.90 Å². The highest BCUT2D eigenvalue weighted by molar-refractivity contribution is 5.28. The van der Waals surface area contributed by atoms with Gasteiger partial charge in [-0.05, 0) is 12.6 Å².